The summed E-state index contributed by atoms with van der Waals surface area (Å²) in [5.74, 6) is -0.481. The van der Waals surface area contributed by atoms with E-state index in [1.807, 2.05) is 13.8 Å². The summed E-state index contributed by atoms with van der Waals surface area (Å²) in [4.78, 5) is 26.5. The lowest BCUT2D eigenvalue weighted by Crippen LogP contribution is -2.16. The molecule has 0 aliphatic heterocycles. The van der Waals surface area contributed by atoms with E-state index in [9.17, 15) is 22.8 Å². The predicted molar refractivity (Wildman–Crippen MR) is 104 cm³/mol. The second kappa shape index (κ2) is 8.07. The van der Waals surface area contributed by atoms with Crippen molar-refractivity contribution in [1.29, 1.82) is 0 Å². The number of carbonyl (C=O) groups is 1. The van der Waals surface area contributed by atoms with Crippen molar-refractivity contribution < 1.29 is 18.0 Å². The topological polar surface area (TPSA) is 92.2 Å². The van der Waals surface area contributed by atoms with E-state index >= 15 is 0 Å². The van der Waals surface area contributed by atoms with E-state index in [2.05, 4.69) is 20.5 Å². The molecule has 1 amide bonds. The van der Waals surface area contributed by atoms with Gasteiger partial charge in [0.2, 0.25) is 11.7 Å². The lowest BCUT2D eigenvalue weighted by Gasteiger charge is -2.12. The van der Waals surface area contributed by atoms with Crippen LogP contribution in [0.25, 0.3) is 5.78 Å². The summed E-state index contributed by atoms with van der Waals surface area (Å²) in [6.45, 7) is 3.79. The highest BCUT2D eigenvalue weighted by atomic mass is 35.5. The van der Waals surface area contributed by atoms with E-state index in [4.69, 9.17) is 11.6 Å². The van der Waals surface area contributed by atoms with Gasteiger partial charge in [-0.1, -0.05) is 37.2 Å². The van der Waals surface area contributed by atoms with Crippen molar-refractivity contribution in [3.05, 3.63) is 50.9 Å². The van der Waals surface area contributed by atoms with Crippen LogP contribution < -0.4 is 10.9 Å². The second-order valence-electron chi connectivity index (χ2n) is 6.38. The average molecular weight is 446 g/mol. The van der Waals surface area contributed by atoms with Crippen LogP contribution in [0.2, 0.25) is 5.02 Å². The SMILES string of the molecule is CC(C)c1cc(=O)[nH]c2nnc(SCC(=O)Nc3cc(C(F)(F)F)ccc3Cl)n12. The number of carbonyl (C=O) groups excluding carboxylic acids is 1. The van der Waals surface area contributed by atoms with Crippen molar-refractivity contribution in [2.45, 2.75) is 31.1 Å². The van der Waals surface area contributed by atoms with Crippen molar-refractivity contribution in [3.63, 3.8) is 0 Å². The summed E-state index contributed by atoms with van der Waals surface area (Å²) in [6, 6.07) is 4.11. The minimum absolute atomic E-state index is 0.00658. The number of halogens is 4. The number of thioether (sulfide) groups is 1. The van der Waals surface area contributed by atoms with Crippen LogP contribution in [0.4, 0.5) is 18.9 Å². The molecule has 0 saturated heterocycles. The first-order valence-corrected chi connectivity index (χ1v) is 9.70. The minimum Gasteiger partial charge on any atom is -0.324 e. The van der Waals surface area contributed by atoms with E-state index in [-0.39, 0.29) is 33.7 Å². The molecule has 0 aliphatic carbocycles. The molecule has 2 N–H and O–H groups in total. The minimum atomic E-state index is -4.55. The molecule has 7 nitrogen and oxygen atoms in total. The number of rotatable bonds is 5. The maximum absolute atomic E-state index is 12.8. The Hall–Kier alpha value is -2.53. The standard InChI is InChI=1S/C17H15ClF3N5O2S/c1-8(2)12-6-13(27)23-15-24-25-16(26(12)15)29-7-14(28)22-11-5-9(17(19,20)21)3-4-10(11)18/h3-6,8H,7H2,1-2H3,(H,22,28)(H,23,24,27). The Labute approximate surface area is 171 Å². The number of amides is 1. The number of alkyl halides is 3. The number of anilines is 1. The van der Waals surface area contributed by atoms with E-state index in [1.165, 1.54) is 6.07 Å². The van der Waals surface area contributed by atoms with Crippen LogP contribution >= 0.6 is 23.4 Å². The molecule has 3 aromatic rings. The number of benzene rings is 1. The zero-order valence-corrected chi connectivity index (χ0v) is 16.7. The number of H-pyrrole nitrogens is 1. The van der Waals surface area contributed by atoms with Crippen molar-refractivity contribution >= 4 is 40.7 Å². The summed E-state index contributed by atoms with van der Waals surface area (Å²) in [6.07, 6.45) is -4.55. The molecule has 29 heavy (non-hydrogen) atoms. The smallest absolute Gasteiger partial charge is 0.324 e. The molecule has 0 atom stereocenters. The van der Waals surface area contributed by atoms with Crippen LogP contribution in [-0.4, -0.2) is 31.2 Å². The molecule has 3 rings (SSSR count). The number of aromatic nitrogens is 4. The van der Waals surface area contributed by atoms with Crippen LogP contribution in [-0.2, 0) is 11.0 Å². The Morgan fingerprint density at radius 3 is 2.69 bits per heavy atom. The van der Waals surface area contributed by atoms with Gasteiger partial charge in [0.25, 0.3) is 5.56 Å². The molecular weight excluding hydrogens is 431 g/mol. The molecule has 0 aliphatic rings. The first-order valence-electron chi connectivity index (χ1n) is 8.34. The number of aromatic amines is 1. The van der Waals surface area contributed by atoms with Gasteiger partial charge < -0.3 is 5.32 Å². The highest BCUT2D eigenvalue weighted by Crippen LogP contribution is 2.34. The number of nitrogens with zero attached hydrogens (tertiary/aromatic N) is 3. The van der Waals surface area contributed by atoms with Gasteiger partial charge in [0.1, 0.15) is 0 Å². The lowest BCUT2D eigenvalue weighted by atomic mass is 10.1. The normalized spacial score (nSPS) is 12.0. The second-order valence-corrected chi connectivity index (χ2v) is 7.73. The first-order chi connectivity index (χ1) is 13.6. The highest BCUT2D eigenvalue weighted by molar-refractivity contribution is 7.99. The van der Waals surface area contributed by atoms with E-state index in [1.54, 1.807) is 4.40 Å². The third kappa shape index (κ3) is 4.73. The van der Waals surface area contributed by atoms with Crippen LogP contribution in [0.3, 0.4) is 0 Å². The summed E-state index contributed by atoms with van der Waals surface area (Å²) in [5.41, 5.74) is -0.705. The fraction of sp³-hybridized carbons (Fsp3) is 0.294. The Bertz CT molecular complexity index is 1130. The molecule has 2 aromatic heterocycles. The van der Waals surface area contributed by atoms with Gasteiger partial charge in [-0.15, -0.1) is 10.2 Å². The van der Waals surface area contributed by atoms with Crippen LogP contribution in [0.5, 0.6) is 0 Å². The first kappa shape index (κ1) is 21.2. The third-order valence-electron chi connectivity index (χ3n) is 3.90. The van der Waals surface area contributed by atoms with Crippen molar-refractivity contribution in [2.24, 2.45) is 0 Å². The zero-order valence-electron chi connectivity index (χ0n) is 15.2. The Morgan fingerprint density at radius 2 is 2.03 bits per heavy atom. The lowest BCUT2D eigenvalue weighted by molar-refractivity contribution is -0.137. The largest absolute Gasteiger partial charge is 0.416 e. The van der Waals surface area contributed by atoms with Gasteiger partial charge >= 0.3 is 6.18 Å². The van der Waals surface area contributed by atoms with E-state index < -0.39 is 17.6 Å². The van der Waals surface area contributed by atoms with Crippen LogP contribution in [0, 0.1) is 0 Å². The third-order valence-corrected chi connectivity index (χ3v) is 5.16. The Balaban J connectivity index is 1.78. The van der Waals surface area contributed by atoms with Gasteiger partial charge in [-0.25, -0.2) is 0 Å². The Morgan fingerprint density at radius 1 is 1.31 bits per heavy atom. The summed E-state index contributed by atoms with van der Waals surface area (Å²) in [7, 11) is 0. The molecule has 0 radical (unpaired) electrons. The fourth-order valence-corrected chi connectivity index (χ4v) is 3.48. The van der Waals surface area contributed by atoms with E-state index in [0.29, 0.717) is 10.9 Å². The van der Waals surface area contributed by atoms with Crippen LogP contribution in [0.1, 0.15) is 31.0 Å². The van der Waals surface area contributed by atoms with Crippen LogP contribution in [0.15, 0.2) is 34.2 Å². The molecule has 12 heteroatoms. The average Bonchev–Trinajstić information content (AvgIpc) is 3.02. The molecule has 0 unspecified atom stereocenters. The molecule has 0 spiro atoms. The molecule has 0 saturated carbocycles. The number of nitrogens with one attached hydrogen (secondary N) is 2. The van der Waals surface area contributed by atoms with E-state index in [0.717, 1.165) is 30.0 Å². The van der Waals surface area contributed by atoms with Gasteiger partial charge in [0.05, 0.1) is 22.0 Å². The number of hydrogen-bond acceptors (Lipinski definition) is 5. The predicted octanol–water partition coefficient (Wildman–Crippen LogP) is 3.94. The monoisotopic (exact) mass is 445 g/mol. The number of hydrogen-bond donors (Lipinski definition) is 2. The van der Waals surface area contributed by atoms with Crippen molar-refractivity contribution in [3.8, 4) is 0 Å². The molecule has 1 aromatic carbocycles. The summed E-state index contributed by atoms with van der Waals surface area (Å²) >= 11 is 6.92. The maximum atomic E-state index is 12.8. The van der Waals surface area contributed by atoms with Gasteiger partial charge in [0, 0.05) is 11.8 Å². The fourth-order valence-electron chi connectivity index (χ4n) is 2.56. The summed E-state index contributed by atoms with van der Waals surface area (Å²) < 4.78 is 40.2. The van der Waals surface area contributed by atoms with Gasteiger partial charge in [-0.05, 0) is 24.1 Å². The van der Waals surface area contributed by atoms with Gasteiger partial charge in [-0.2, -0.15) is 13.2 Å². The van der Waals surface area contributed by atoms with Crippen molar-refractivity contribution in [1.82, 2.24) is 19.6 Å². The molecule has 0 bridgehead atoms. The van der Waals surface area contributed by atoms with Gasteiger partial charge in [-0.3, -0.25) is 19.0 Å². The Kier molecular flexibility index (Phi) is 5.90. The van der Waals surface area contributed by atoms with Gasteiger partial charge in [0.15, 0.2) is 5.16 Å². The van der Waals surface area contributed by atoms with Crippen molar-refractivity contribution in [2.75, 3.05) is 11.1 Å². The highest BCUT2D eigenvalue weighted by Gasteiger charge is 2.31. The molecule has 0 fully saturated rings. The maximum Gasteiger partial charge on any atom is 0.416 e. The summed E-state index contributed by atoms with van der Waals surface area (Å²) in [5, 5.41) is 10.6. The number of fused-ring (bicyclic) bond motifs is 1. The molecule has 154 valence electrons. The molecule has 2 heterocycles. The zero-order chi connectivity index (χ0) is 21.3. The molecular formula is C17H15ClF3N5O2S. The quantitative estimate of drug-likeness (QED) is 0.580.